The molecule has 12 aromatic rings. The predicted octanol–water partition coefficient (Wildman–Crippen LogP) is 17.8. The van der Waals surface area contributed by atoms with E-state index >= 15 is 0 Å². The third kappa shape index (κ3) is 9.49. The van der Waals surface area contributed by atoms with Gasteiger partial charge in [-0.1, -0.05) is 225 Å². The topological polar surface area (TPSA) is 82.3 Å². The fourth-order valence-corrected chi connectivity index (χ4v) is 11.0. The van der Waals surface area contributed by atoms with Crippen molar-refractivity contribution in [1.29, 1.82) is 0 Å². The molecule has 0 saturated heterocycles. The second kappa shape index (κ2) is 20.7. The Morgan fingerprint density at radius 2 is 0.772 bits per heavy atom. The van der Waals surface area contributed by atoms with Crippen molar-refractivity contribution < 1.29 is 0 Å². The van der Waals surface area contributed by atoms with Gasteiger partial charge in [0.2, 0.25) is 0 Å². The molecule has 1 atom stereocenters. The summed E-state index contributed by atoms with van der Waals surface area (Å²) in [6, 6.07) is 79.7. The minimum Gasteiger partial charge on any atom is -0.309 e. The molecule has 3 heterocycles. The maximum absolute atomic E-state index is 5.16. The Morgan fingerprint density at radius 3 is 1.28 bits per heavy atom. The summed E-state index contributed by atoms with van der Waals surface area (Å²) < 4.78 is 2.45. The summed E-state index contributed by atoms with van der Waals surface area (Å²) in [5.41, 5.74) is 16.9. The van der Waals surface area contributed by atoms with Crippen molar-refractivity contribution in [3.8, 4) is 95.7 Å². The van der Waals surface area contributed by atoms with E-state index in [1.54, 1.807) is 0 Å². The second-order valence-corrected chi connectivity index (χ2v) is 20.1. The van der Waals surface area contributed by atoms with Gasteiger partial charge in [-0.15, -0.1) is 0 Å². The first-order valence-electron chi connectivity index (χ1n) is 27.0. The number of nitrogens with zero attached hydrogens (tertiary/aromatic N) is 7. The van der Waals surface area contributed by atoms with Crippen molar-refractivity contribution in [2.75, 3.05) is 0 Å². The Kier molecular flexibility index (Phi) is 12.4. The molecule has 2 aliphatic carbocycles. The summed E-state index contributed by atoms with van der Waals surface area (Å²) in [6.07, 6.45) is 17.9. The number of benzene rings is 9. The number of fused-ring (bicyclic) bond motifs is 3. The molecule has 2 aliphatic rings. The van der Waals surface area contributed by atoms with E-state index in [0.29, 0.717) is 29.1 Å². The Bertz CT molecular complexity index is 4330. The van der Waals surface area contributed by atoms with Crippen LogP contribution in [0.2, 0.25) is 0 Å². The van der Waals surface area contributed by atoms with Gasteiger partial charge in [0, 0.05) is 50.2 Å². The molecule has 1 unspecified atom stereocenters. The van der Waals surface area contributed by atoms with Crippen molar-refractivity contribution in [3.63, 3.8) is 0 Å². The first kappa shape index (κ1) is 47.2. The van der Waals surface area contributed by atoms with Crippen molar-refractivity contribution >= 4 is 27.4 Å². The van der Waals surface area contributed by atoms with E-state index in [4.69, 9.17) is 29.9 Å². The van der Waals surface area contributed by atoms with Gasteiger partial charge in [-0.25, -0.2) is 29.9 Å². The van der Waals surface area contributed by atoms with E-state index < -0.39 is 0 Å². The second-order valence-electron chi connectivity index (χ2n) is 20.1. The minimum absolute atomic E-state index is 0.0626. The summed E-state index contributed by atoms with van der Waals surface area (Å²) in [5.74, 6) is 4.11. The molecular formula is C72H51N7. The Hall–Kier alpha value is -10.2. The molecule has 0 N–H and O–H groups in total. The van der Waals surface area contributed by atoms with Crippen LogP contribution in [-0.2, 0) is 0 Å². The molecule has 79 heavy (non-hydrogen) atoms. The summed E-state index contributed by atoms with van der Waals surface area (Å²) in [4.78, 5) is 30.5. The molecule has 0 amide bonds. The maximum atomic E-state index is 5.16. The average Bonchev–Trinajstić information content (AvgIpc) is 4.13. The number of aromatic nitrogens is 7. The molecule has 7 heteroatoms. The Morgan fingerprint density at radius 1 is 0.329 bits per heavy atom. The van der Waals surface area contributed by atoms with Crippen LogP contribution >= 0.6 is 0 Å². The molecule has 0 radical (unpaired) electrons. The standard InChI is InChI=1S/C72H51N7/c1-7-21-48(22-8-1)60-43-61(49-23-9-2-10-24-49)45-62(44-60)79-65-46-56(54-33-19-35-58(41-54)71-75-67(50-25-11-3-12-26-50)73-68(76-71)51-27-13-4-14-28-51)37-39-63(65)64-40-38-57(47-66(64)79)55-34-20-36-59(42-55)72-77-69(52-29-15-5-16-30-52)74-70(78-72)53-31-17-6-18-32-53/h1-5,7-17,19-27,29-47,51H,6,18,28H2. The summed E-state index contributed by atoms with van der Waals surface area (Å²) in [7, 11) is 0. The van der Waals surface area contributed by atoms with Gasteiger partial charge in [0.1, 0.15) is 5.82 Å². The lowest BCUT2D eigenvalue weighted by Crippen LogP contribution is -2.07. The molecule has 0 fully saturated rings. The largest absolute Gasteiger partial charge is 0.309 e. The molecule has 374 valence electrons. The highest BCUT2D eigenvalue weighted by Crippen LogP contribution is 2.41. The van der Waals surface area contributed by atoms with Crippen LogP contribution in [0, 0.1) is 0 Å². The summed E-state index contributed by atoms with van der Waals surface area (Å²) in [5, 5.41) is 2.31. The lowest BCUT2D eigenvalue weighted by Gasteiger charge is -2.15. The van der Waals surface area contributed by atoms with Crippen LogP contribution in [-0.4, -0.2) is 34.5 Å². The van der Waals surface area contributed by atoms with Crippen molar-refractivity contribution in [2.24, 2.45) is 0 Å². The molecule has 0 bridgehead atoms. The van der Waals surface area contributed by atoms with E-state index in [0.717, 1.165) is 125 Å². The van der Waals surface area contributed by atoms with E-state index in [2.05, 4.69) is 235 Å². The molecule has 14 rings (SSSR count). The zero-order valence-corrected chi connectivity index (χ0v) is 43.2. The first-order valence-corrected chi connectivity index (χ1v) is 27.0. The lowest BCUT2D eigenvalue weighted by molar-refractivity contribution is 0.764. The lowest BCUT2D eigenvalue weighted by atomic mass is 9.97. The molecule has 0 saturated carbocycles. The van der Waals surface area contributed by atoms with Crippen LogP contribution in [0.1, 0.15) is 36.8 Å². The SMILES string of the molecule is C1=CCC(c2nc(-c3ccccc3)nc(-c3cccc(-c4ccc5c6ccc(-c7cccc(-c8nc(C9=CCCC=C9)nc(-c9ccccc9)n8)c7)cc6n(-c6cc(-c7ccccc7)cc(-c7ccccc7)c6)c5c4)c3)n2)C=C1. The highest BCUT2D eigenvalue weighted by molar-refractivity contribution is 6.11. The number of rotatable bonds is 11. The molecule has 0 aliphatic heterocycles. The van der Waals surface area contributed by atoms with Crippen LogP contribution in [0.25, 0.3) is 123 Å². The molecule has 3 aromatic heterocycles. The monoisotopic (exact) mass is 1010 g/mol. The van der Waals surface area contributed by atoms with E-state index in [1.807, 2.05) is 36.4 Å². The number of hydrogen-bond donors (Lipinski definition) is 0. The highest BCUT2D eigenvalue weighted by Gasteiger charge is 2.21. The van der Waals surface area contributed by atoms with Gasteiger partial charge in [-0.3, -0.25) is 0 Å². The van der Waals surface area contributed by atoms with Gasteiger partial charge in [0.25, 0.3) is 0 Å². The maximum Gasteiger partial charge on any atom is 0.164 e. The average molecular weight is 1010 g/mol. The summed E-state index contributed by atoms with van der Waals surface area (Å²) in [6.45, 7) is 0. The van der Waals surface area contributed by atoms with Crippen molar-refractivity contribution in [2.45, 2.75) is 25.2 Å². The van der Waals surface area contributed by atoms with Crippen molar-refractivity contribution in [3.05, 3.63) is 279 Å². The van der Waals surface area contributed by atoms with Crippen LogP contribution < -0.4 is 0 Å². The van der Waals surface area contributed by atoms with Crippen LogP contribution in [0.4, 0.5) is 0 Å². The van der Waals surface area contributed by atoms with Crippen molar-refractivity contribution in [1.82, 2.24) is 34.5 Å². The minimum atomic E-state index is 0.0626. The Labute approximate surface area is 459 Å². The zero-order chi connectivity index (χ0) is 52.5. The fourth-order valence-electron chi connectivity index (χ4n) is 11.0. The predicted molar refractivity (Wildman–Crippen MR) is 323 cm³/mol. The van der Waals surface area contributed by atoms with Gasteiger partial charge in [0.15, 0.2) is 29.1 Å². The highest BCUT2D eigenvalue weighted by atomic mass is 15.0. The van der Waals surface area contributed by atoms with Crippen LogP contribution in [0.3, 0.4) is 0 Å². The van der Waals surface area contributed by atoms with Crippen LogP contribution in [0.15, 0.2) is 267 Å². The van der Waals surface area contributed by atoms with Gasteiger partial charge >= 0.3 is 0 Å². The van der Waals surface area contributed by atoms with Gasteiger partial charge in [-0.05, 0) is 106 Å². The van der Waals surface area contributed by atoms with Crippen LogP contribution in [0.5, 0.6) is 0 Å². The Balaban J connectivity index is 0.935. The smallest absolute Gasteiger partial charge is 0.164 e. The zero-order valence-electron chi connectivity index (χ0n) is 43.2. The molecular weight excluding hydrogens is 963 g/mol. The third-order valence-electron chi connectivity index (χ3n) is 15.0. The van der Waals surface area contributed by atoms with Gasteiger partial charge in [-0.2, -0.15) is 0 Å². The number of hydrogen-bond acceptors (Lipinski definition) is 6. The van der Waals surface area contributed by atoms with Gasteiger partial charge < -0.3 is 4.57 Å². The first-order chi connectivity index (χ1) is 39.1. The third-order valence-corrected chi connectivity index (χ3v) is 15.0. The molecule has 7 nitrogen and oxygen atoms in total. The molecule has 9 aromatic carbocycles. The van der Waals surface area contributed by atoms with E-state index in [-0.39, 0.29) is 5.92 Å². The number of allylic oxidation sites excluding steroid dienone is 8. The normalized spacial score (nSPS) is 14.0. The summed E-state index contributed by atoms with van der Waals surface area (Å²) >= 11 is 0. The quantitative estimate of drug-likeness (QED) is 0.128. The van der Waals surface area contributed by atoms with Gasteiger partial charge in [0.05, 0.1) is 11.0 Å². The van der Waals surface area contributed by atoms with E-state index in [1.165, 1.54) is 0 Å². The fraction of sp³-hybridized carbons (Fsp3) is 0.0556. The van der Waals surface area contributed by atoms with E-state index in [9.17, 15) is 0 Å². The molecule has 0 spiro atoms.